The largest absolute Gasteiger partial charge is 1.00 e. The predicted octanol–water partition coefficient (Wildman–Crippen LogP) is -5.74. The fourth-order valence-corrected chi connectivity index (χ4v) is 2.75. The number of aromatic amines is 2. The molecule has 1 aliphatic heterocycles. The summed E-state index contributed by atoms with van der Waals surface area (Å²) >= 11 is 0. The Hall–Kier alpha value is -0.860. The molecule has 0 aromatic carbocycles. The molecule has 25 heavy (non-hydrogen) atoms. The van der Waals surface area contributed by atoms with Crippen LogP contribution in [-0.4, -0.2) is 64.4 Å². The van der Waals surface area contributed by atoms with Gasteiger partial charge in [0.1, 0.15) is 24.0 Å². The van der Waals surface area contributed by atoms with E-state index in [1.165, 1.54) is 0 Å². The third-order valence-corrected chi connectivity index (χ3v) is 3.97. The number of H-pyrrole nitrogens is 2. The number of hydrogen-bond donors (Lipinski definition) is 6. The number of fused-ring (bicyclic) bond motifs is 1. The molecule has 0 aliphatic carbocycles. The monoisotopic (exact) mass is 388 g/mol. The summed E-state index contributed by atoms with van der Waals surface area (Å²) in [5, 5.41) is 20.0. The van der Waals surface area contributed by atoms with Crippen LogP contribution in [0.1, 0.15) is 7.65 Å². The summed E-state index contributed by atoms with van der Waals surface area (Å²) in [5.41, 5.74) is -1.71. The van der Waals surface area contributed by atoms with Crippen molar-refractivity contribution in [1.82, 2.24) is 19.5 Å². The number of ether oxygens (including phenoxy) is 1. The number of phosphoric acid groups is 1. The molecule has 4 atom stereocenters. The Kier molecular flexibility index (Phi) is 6.06. The third kappa shape index (κ3) is 4.11. The van der Waals surface area contributed by atoms with Gasteiger partial charge in [0.05, 0.1) is 12.9 Å². The normalized spacial score (nSPS) is 26.7. The van der Waals surface area contributed by atoms with Gasteiger partial charge in [-0.15, -0.1) is 0 Å². The minimum atomic E-state index is -4.78. The van der Waals surface area contributed by atoms with Crippen molar-refractivity contribution in [2.45, 2.75) is 24.5 Å². The Balaban J connectivity index is 0.00000169. The van der Waals surface area contributed by atoms with Crippen molar-refractivity contribution in [2.24, 2.45) is 0 Å². The first-order valence-electron chi connectivity index (χ1n) is 6.58. The first-order valence-corrected chi connectivity index (χ1v) is 8.11. The Morgan fingerprint density at radius 1 is 1.32 bits per heavy atom. The van der Waals surface area contributed by atoms with Gasteiger partial charge in [0, 0.05) is 0 Å². The van der Waals surface area contributed by atoms with Crippen molar-refractivity contribution < 1.29 is 64.8 Å². The minimum absolute atomic E-state index is 0. The number of hydrogen-bond acceptors (Lipinski definition) is 8. The topological polar surface area (TPSA) is 200 Å². The Morgan fingerprint density at radius 2 is 2.00 bits per heavy atom. The molecular formula is C10H14N4NaO9P. The average Bonchev–Trinajstić information content (AvgIpc) is 3.00. The van der Waals surface area contributed by atoms with Crippen LogP contribution in [0.3, 0.4) is 0 Å². The van der Waals surface area contributed by atoms with E-state index >= 15 is 0 Å². The molecular weight excluding hydrogens is 374 g/mol. The molecule has 0 saturated carbocycles. The summed E-state index contributed by atoms with van der Waals surface area (Å²) in [6.45, 7) is -0.678. The van der Waals surface area contributed by atoms with Gasteiger partial charge in [-0.2, -0.15) is 0 Å². The first-order chi connectivity index (χ1) is 11.2. The number of phosphoric ester groups is 1. The standard InChI is InChI=1S/C10H13N4O9P.Na.H/c15-5-3(1-22-24(19,20)21)23-9(6(5)16)14-2-11-4-7(14)12-10(18)13-8(4)17;;/h2-3,5-6,9,15-16H,1H2,(H2,19,20,21)(H2,12,13,17,18);;/q;+1;-1/t3-,5-,6-,9-;;/m1../s1. The molecule has 1 fully saturated rings. The molecule has 0 spiro atoms. The summed E-state index contributed by atoms with van der Waals surface area (Å²) in [6.07, 6.45) is -4.43. The maximum absolute atomic E-state index is 11.6. The summed E-state index contributed by atoms with van der Waals surface area (Å²) in [5.74, 6) is 0. The van der Waals surface area contributed by atoms with E-state index in [2.05, 4.69) is 14.5 Å². The second kappa shape index (κ2) is 7.40. The molecule has 15 heteroatoms. The van der Waals surface area contributed by atoms with Crippen molar-refractivity contribution >= 4 is 19.0 Å². The predicted molar refractivity (Wildman–Crippen MR) is 76.0 cm³/mol. The second-order valence-electron chi connectivity index (χ2n) is 5.09. The summed E-state index contributed by atoms with van der Waals surface area (Å²) in [7, 11) is -4.78. The molecule has 1 aliphatic rings. The van der Waals surface area contributed by atoms with E-state index in [1.54, 1.807) is 0 Å². The van der Waals surface area contributed by atoms with Gasteiger partial charge < -0.3 is 26.2 Å². The zero-order valence-corrected chi connectivity index (χ0v) is 15.7. The van der Waals surface area contributed by atoms with E-state index < -0.39 is 50.2 Å². The van der Waals surface area contributed by atoms with Crippen LogP contribution < -0.4 is 40.8 Å². The summed E-state index contributed by atoms with van der Waals surface area (Å²) in [4.78, 5) is 48.5. The van der Waals surface area contributed by atoms with Crippen LogP contribution in [0.2, 0.25) is 0 Å². The van der Waals surface area contributed by atoms with E-state index in [9.17, 15) is 24.4 Å². The number of aliphatic hydroxyl groups excluding tert-OH is 2. The molecule has 0 amide bonds. The fraction of sp³-hybridized carbons (Fsp3) is 0.500. The number of rotatable bonds is 4. The van der Waals surface area contributed by atoms with Gasteiger partial charge in [-0.25, -0.2) is 14.3 Å². The van der Waals surface area contributed by atoms with Gasteiger partial charge in [0.25, 0.3) is 5.56 Å². The SMILES string of the molecule is O=c1[nH]c(=O)c2ncn([C@@H]3O[C@H](COP(=O)(O)O)[C@@H](O)[C@H]3O)c2[nH]1.[H-].[Na+]. The molecule has 3 heterocycles. The van der Waals surface area contributed by atoms with Gasteiger partial charge in [-0.1, -0.05) is 0 Å². The van der Waals surface area contributed by atoms with Gasteiger partial charge in [-0.3, -0.25) is 23.9 Å². The fourth-order valence-electron chi connectivity index (χ4n) is 2.41. The van der Waals surface area contributed by atoms with Gasteiger partial charge in [0.2, 0.25) is 0 Å². The summed E-state index contributed by atoms with van der Waals surface area (Å²) in [6, 6.07) is 0. The Labute approximate surface area is 161 Å². The van der Waals surface area contributed by atoms with Crippen molar-refractivity contribution in [3.63, 3.8) is 0 Å². The molecule has 3 rings (SSSR count). The van der Waals surface area contributed by atoms with Crippen molar-refractivity contribution in [2.75, 3.05) is 6.61 Å². The van der Waals surface area contributed by atoms with E-state index in [1.807, 2.05) is 4.98 Å². The number of nitrogens with one attached hydrogen (secondary N) is 2. The van der Waals surface area contributed by atoms with Crippen LogP contribution in [-0.2, 0) is 13.8 Å². The van der Waals surface area contributed by atoms with Gasteiger partial charge >= 0.3 is 43.1 Å². The van der Waals surface area contributed by atoms with E-state index in [0.717, 1.165) is 10.9 Å². The van der Waals surface area contributed by atoms with Gasteiger partial charge in [0.15, 0.2) is 11.7 Å². The molecule has 134 valence electrons. The van der Waals surface area contributed by atoms with Crippen molar-refractivity contribution in [3.8, 4) is 0 Å². The van der Waals surface area contributed by atoms with E-state index in [4.69, 9.17) is 14.5 Å². The molecule has 0 unspecified atom stereocenters. The molecule has 0 bridgehead atoms. The third-order valence-electron chi connectivity index (χ3n) is 3.49. The first kappa shape index (κ1) is 20.5. The zero-order chi connectivity index (χ0) is 17.6. The van der Waals surface area contributed by atoms with Crippen molar-refractivity contribution in [1.29, 1.82) is 0 Å². The average molecular weight is 388 g/mol. The van der Waals surface area contributed by atoms with Gasteiger partial charge in [-0.05, 0) is 0 Å². The van der Waals surface area contributed by atoms with E-state index in [-0.39, 0.29) is 42.1 Å². The molecule has 1 saturated heterocycles. The Morgan fingerprint density at radius 3 is 2.64 bits per heavy atom. The molecule has 0 radical (unpaired) electrons. The van der Waals surface area contributed by atoms with Crippen LogP contribution in [0.4, 0.5) is 0 Å². The van der Waals surface area contributed by atoms with Crippen molar-refractivity contribution in [3.05, 3.63) is 27.2 Å². The van der Waals surface area contributed by atoms with Crippen LogP contribution in [0.25, 0.3) is 11.2 Å². The van der Waals surface area contributed by atoms with E-state index in [0.29, 0.717) is 0 Å². The number of aliphatic hydroxyl groups is 2. The molecule has 2 aromatic rings. The quantitative estimate of drug-likeness (QED) is 0.217. The molecule has 6 N–H and O–H groups in total. The maximum Gasteiger partial charge on any atom is 1.00 e. The second-order valence-corrected chi connectivity index (χ2v) is 6.33. The number of nitrogens with zero attached hydrogens (tertiary/aromatic N) is 2. The Bertz CT molecular complexity index is 925. The number of imidazole rings is 1. The van der Waals surface area contributed by atoms with Crippen LogP contribution in [0.15, 0.2) is 15.9 Å². The number of aromatic nitrogens is 4. The smallest absolute Gasteiger partial charge is 1.00 e. The van der Waals surface area contributed by atoms with Crippen LogP contribution >= 0.6 is 7.82 Å². The zero-order valence-electron chi connectivity index (χ0n) is 13.8. The molecule has 13 nitrogen and oxygen atoms in total. The van der Waals surface area contributed by atoms with Crippen LogP contribution in [0.5, 0.6) is 0 Å². The summed E-state index contributed by atoms with van der Waals surface area (Å²) < 4.78 is 21.4. The minimum Gasteiger partial charge on any atom is -1.00 e. The van der Waals surface area contributed by atoms with Crippen LogP contribution in [0, 0.1) is 0 Å². The maximum atomic E-state index is 11.6. The molecule has 2 aromatic heterocycles.